The lowest BCUT2D eigenvalue weighted by Gasteiger charge is -2.14. The summed E-state index contributed by atoms with van der Waals surface area (Å²) in [5.74, 6) is -0.441. The first-order chi connectivity index (χ1) is 8.34. The number of rotatable bonds is 4. The number of anilines is 1. The van der Waals surface area contributed by atoms with E-state index in [0.29, 0.717) is 6.29 Å². The summed E-state index contributed by atoms with van der Waals surface area (Å²) in [6.45, 7) is 1.22. The minimum Gasteiger partial charge on any atom is -0.326 e. The summed E-state index contributed by atoms with van der Waals surface area (Å²) >= 11 is 0. The molecule has 0 saturated heterocycles. The van der Waals surface area contributed by atoms with Crippen molar-refractivity contribution >= 4 is 17.9 Å². The molecule has 0 bridgehead atoms. The van der Waals surface area contributed by atoms with Gasteiger partial charge in [0.05, 0.1) is 5.56 Å². The first kappa shape index (κ1) is 14.2. The van der Waals surface area contributed by atoms with Gasteiger partial charge in [-0.05, 0) is 24.1 Å². The molecule has 0 aliphatic rings. The maximum absolute atomic E-state index is 12.8. The zero-order valence-electron chi connectivity index (χ0n) is 9.67. The molecule has 0 unspecified atom stereocenters. The van der Waals surface area contributed by atoms with Crippen molar-refractivity contribution in [1.82, 2.24) is 0 Å². The van der Waals surface area contributed by atoms with Gasteiger partial charge in [0.2, 0.25) is 5.91 Å². The monoisotopic (exact) mass is 259 g/mol. The molecular weight excluding hydrogens is 247 g/mol. The van der Waals surface area contributed by atoms with Crippen LogP contribution in [0.25, 0.3) is 0 Å². The van der Waals surface area contributed by atoms with Crippen molar-refractivity contribution in [2.45, 2.75) is 25.9 Å². The number of benzene rings is 1. The summed E-state index contributed by atoms with van der Waals surface area (Å²) in [4.78, 5) is 21.0. The number of amides is 1. The van der Waals surface area contributed by atoms with Gasteiger partial charge in [-0.1, -0.05) is 6.07 Å². The highest BCUT2D eigenvalue weighted by Gasteiger charge is 2.33. The Kier molecular flexibility index (Phi) is 4.47. The molecule has 1 aromatic rings. The summed E-state index contributed by atoms with van der Waals surface area (Å²) in [6, 6.07) is 3.54. The second-order valence-electron chi connectivity index (χ2n) is 3.76. The summed E-state index contributed by atoms with van der Waals surface area (Å²) < 4.78 is 38.4. The zero-order chi connectivity index (χ0) is 13.8. The first-order valence-electron chi connectivity index (χ1n) is 5.26. The predicted octanol–water partition coefficient (Wildman–Crippen LogP) is 2.80. The Morgan fingerprint density at radius 2 is 2.06 bits per heavy atom. The number of aldehydes is 1. The lowest BCUT2D eigenvalue weighted by molar-refractivity contribution is -0.138. The highest BCUT2D eigenvalue weighted by atomic mass is 19.4. The molecule has 0 aliphatic carbocycles. The molecule has 0 aromatic heterocycles. The molecule has 98 valence electrons. The predicted molar refractivity (Wildman–Crippen MR) is 60.1 cm³/mol. The van der Waals surface area contributed by atoms with E-state index in [0.717, 1.165) is 6.07 Å². The van der Waals surface area contributed by atoms with Gasteiger partial charge in [-0.15, -0.1) is 0 Å². The molecule has 0 fully saturated rings. The van der Waals surface area contributed by atoms with E-state index >= 15 is 0 Å². The van der Waals surface area contributed by atoms with E-state index in [1.165, 1.54) is 19.1 Å². The van der Waals surface area contributed by atoms with Crippen LogP contribution in [0.3, 0.4) is 0 Å². The van der Waals surface area contributed by atoms with Gasteiger partial charge >= 0.3 is 6.18 Å². The van der Waals surface area contributed by atoms with Crippen molar-refractivity contribution in [3.05, 3.63) is 29.3 Å². The average Bonchev–Trinajstić information content (AvgIpc) is 2.25. The van der Waals surface area contributed by atoms with E-state index in [1.54, 1.807) is 0 Å². The first-order valence-corrected chi connectivity index (χ1v) is 5.26. The molecule has 6 heteroatoms. The topological polar surface area (TPSA) is 46.2 Å². The van der Waals surface area contributed by atoms with E-state index in [1.807, 2.05) is 0 Å². The van der Waals surface area contributed by atoms with Crippen molar-refractivity contribution in [3.8, 4) is 0 Å². The normalized spacial score (nSPS) is 11.1. The molecular formula is C12H12F3NO2. The third-order valence-corrected chi connectivity index (χ3v) is 2.27. The van der Waals surface area contributed by atoms with Crippen molar-refractivity contribution in [1.29, 1.82) is 0 Å². The number of hydrogen-bond donors (Lipinski definition) is 1. The van der Waals surface area contributed by atoms with Crippen molar-refractivity contribution < 1.29 is 22.8 Å². The lowest BCUT2D eigenvalue weighted by Crippen LogP contribution is -2.12. The molecule has 1 N–H and O–H groups in total. The molecule has 1 rings (SSSR count). The average molecular weight is 259 g/mol. The Morgan fingerprint density at radius 1 is 1.39 bits per heavy atom. The van der Waals surface area contributed by atoms with Crippen molar-refractivity contribution in [2.75, 3.05) is 5.32 Å². The van der Waals surface area contributed by atoms with Crippen LogP contribution < -0.4 is 5.32 Å². The van der Waals surface area contributed by atoms with Crippen molar-refractivity contribution in [3.63, 3.8) is 0 Å². The number of nitrogens with one attached hydrogen (secondary N) is 1. The second kappa shape index (κ2) is 5.66. The number of aryl methyl sites for hydroxylation is 1. The quantitative estimate of drug-likeness (QED) is 0.845. The molecule has 0 heterocycles. The van der Waals surface area contributed by atoms with Gasteiger partial charge < -0.3 is 10.1 Å². The van der Waals surface area contributed by atoms with Gasteiger partial charge in [-0.2, -0.15) is 13.2 Å². The largest absolute Gasteiger partial charge is 0.416 e. The van der Waals surface area contributed by atoms with Crippen LogP contribution in [0.2, 0.25) is 0 Å². The number of halogens is 3. The van der Waals surface area contributed by atoms with Crippen LogP contribution in [0.1, 0.15) is 24.5 Å². The SMILES string of the molecule is CC(=O)Nc1ccc(CCC=O)c(C(F)(F)F)c1. The van der Waals surface area contributed by atoms with Gasteiger partial charge in [0, 0.05) is 19.0 Å². The number of hydrogen-bond acceptors (Lipinski definition) is 2. The summed E-state index contributed by atoms with van der Waals surface area (Å²) in [5.41, 5.74) is -0.691. The fourth-order valence-electron chi connectivity index (χ4n) is 1.55. The second-order valence-corrected chi connectivity index (χ2v) is 3.76. The maximum Gasteiger partial charge on any atom is 0.416 e. The molecule has 1 aromatic carbocycles. The Hall–Kier alpha value is -1.85. The molecule has 0 atom stereocenters. The molecule has 0 aliphatic heterocycles. The molecule has 18 heavy (non-hydrogen) atoms. The van der Waals surface area contributed by atoms with E-state index in [2.05, 4.69) is 5.32 Å². The van der Waals surface area contributed by atoms with Crippen molar-refractivity contribution in [2.24, 2.45) is 0 Å². The third kappa shape index (κ3) is 3.87. The lowest BCUT2D eigenvalue weighted by atomic mass is 10.0. The maximum atomic E-state index is 12.8. The van der Waals surface area contributed by atoms with Crippen LogP contribution in [0.4, 0.5) is 18.9 Å². The van der Waals surface area contributed by atoms with Gasteiger partial charge in [-0.25, -0.2) is 0 Å². The number of alkyl halides is 3. The molecule has 1 amide bonds. The molecule has 0 spiro atoms. The van der Waals surface area contributed by atoms with Crippen LogP contribution in [-0.4, -0.2) is 12.2 Å². The Bertz CT molecular complexity index is 455. The van der Waals surface area contributed by atoms with E-state index in [-0.39, 0.29) is 24.1 Å². The Morgan fingerprint density at radius 3 is 2.56 bits per heavy atom. The number of carbonyl (C=O) groups is 2. The van der Waals surface area contributed by atoms with Gasteiger partial charge in [0.25, 0.3) is 0 Å². The minimum absolute atomic E-state index is 0.0265. The minimum atomic E-state index is -4.51. The standard InChI is InChI=1S/C12H12F3NO2/c1-8(18)16-10-5-4-9(3-2-6-17)11(7-10)12(13,14)15/h4-7H,2-3H2,1H3,(H,16,18). The zero-order valence-corrected chi connectivity index (χ0v) is 9.67. The van der Waals surface area contributed by atoms with E-state index in [9.17, 15) is 22.8 Å². The van der Waals surface area contributed by atoms with Gasteiger partial charge in [0.1, 0.15) is 6.29 Å². The van der Waals surface area contributed by atoms with Crippen LogP contribution in [-0.2, 0) is 22.2 Å². The summed E-state index contributed by atoms with van der Waals surface area (Å²) in [6.07, 6.45) is -3.88. The van der Waals surface area contributed by atoms with Crippen LogP contribution in [0, 0.1) is 0 Å². The molecule has 3 nitrogen and oxygen atoms in total. The highest BCUT2D eigenvalue weighted by molar-refractivity contribution is 5.88. The fraction of sp³-hybridized carbons (Fsp3) is 0.333. The van der Waals surface area contributed by atoms with Crippen LogP contribution in [0.5, 0.6) is 0 Å². The summed E-state index contributed by atoms with van der Waals surface area (Å²) in [7, 11) is 0. The highest BCUT2D eigenvalue weighted by Crippen LogP contribution is 2.34. The van der Waals surface area contributed by atoms with Crippen LogP contribution >= 0.6 is 0 Å². The fourth-order valence-corrected chi connectivity index (χ4v) is 1.55. The van der Waals surface area contributed by atoms with E-state index < -0.39 is 17.6 Å². The van der Waals surface area contributed by atoms with Gasteiger partial charge in [-0.3, -0.25) is 4.79 Å². The van der Waals surface area contributed by atoms with Gasteiger partial charge in [0.15, 0.2) is 0 Å². The molecule has 0 saturated carbocycles. The van der Waals surface area contributed by atoms with E-state index in [4.69, 9.17) is 0 Å². The third-order valence-electron chi connectivity index (χ3n) is 2.27. The molecule has 0 radical (unpaired) electrons. The Labute approximate surface area is 102 Å². The number of carbonyl (C=O) groups excluding carboxylic acids is 2. The summed E-state index contributed by atoms with van der Waals surface area (Å²) in [5, 5.41) is 2.29. The smallest absolute Gasteiger partial charge is 0.326 e. The Balaban J connectivity index is 3.12. The van der Waals surface area contributed by atoms with Crippen LogP contribution in [0.15, 0.2) is 18.2 Å².